The van der Waals surface area contributed by atoms with E-state index in [1.807, 2.05) is 6.07 Å². The largest absolute Gasteiger partial charge is 0.322 e. The average Bonchev–Trinajstić information content (AvgIpc) is 3.60. The predicted molar refractivity (Wildman–Crippen MR) is 141 cm³/mol. The fourth-order valence-corrected chi connectivity index (χ4v) is 6.24. The summed E-state index contributed by atoms with van der Waals surface area (Å²) in [5.41, 5.74) is 3.99. The molecule has 3 aromatic heterocycles. The molecule has 1 N–H and O–H groups in total. The van der Waals surface area contributed by atoms with E-state index in [1.54, 1.807) is 11.3 Å². The van der Waals surface area contributed by atoms with E-state index in [-0.39, 0.29) is 11.6 Å². The van der Waals surface area contributed by atoms with Gasteiger partial charge in [0.1, 0.15) is 0 Å². The van der Waals surface area contributed by atoms with Gasteiger partial charge in [-0.1, -0.05) is 38.3 Å². The molecule has 0 spiro atoms. The first-order valence-corrected chi connectivity index (χ1v) is 13.6. The van der Waals surface area contributed by atoms with Crippen LogP contribution in [0.1, 0.15) is 84.9 Å². The van der Waals surface area contributed by atoms with Gasteiger partial charge in [0.05, 0.1) is 12.1 Å². The van der Waals surface area contributed by atoms with Crippen molar-refractivity contribution in [2.45, 2.75) is 84.5 Å². The zero-order valence-corrected chi connectivity index (χ0v) is 21.6. The number of H-pyrrole nitrogens is 1. The van der Waals surface area contributed by atoms with Crippen molar-refractivity contribution in [2.75, 3.05) is 0 Å². The maximum atomic E-state index is 13.2. The molecule has 4 aromatic rings. The Bertz CT molecular complexity index is 1340. The first-order chi connectivity index (χ1) is 17.0. The van der Waals surface area contributed by atoms with Gasteiger partial charge in [-0.15, -0.1) is 16.4 Å². The number of fused-ring (bicyclic) bond motifs is 1. The number of nitrogens with one attached hydrogen (secondary N) is 1. The van der Waals surface area contributed by atoms with E-state index in [0.717, 1.165) is 60.1 Å². The highest BCUT2D eigenvalue weighted by Crippen LogP contribution is 2.34. The Morgan fingerprint density at radius 1 is 1.20 bits per heavy atom. The summed E-state index contributed by atoms with van der Waals surface area (Å²) in [7, 11) is 0. The Balaban J connectivity index is 1.55. The van der Waals surface area contributed by atoms with Crippen LogP contribution < -0.4 is 5.56 Å². The fraction of sp³-hybridized carbons (Fsp3) is 0.481. The lowest BCUT2D eigenvalue weighted by atomic mass is 10.0. The number of aromatic amines is 1. The van der Waals surface area contributed by atoms with Gasteiger partial charge in [-0.05, 0) is 78.2 Å². The molecule has 8 heteroatoms. The van der Waals surface area contributed by atoms with E-state index < -0.39 is 0 Å². The molecule has 0 radical (unpaired) electrons. The topological polar surface area (TPSA) is 79.7 Å². The number of pyridine rings is 1. The van der Waals surface area contributed by atoms with Gasteiger partial charge in [0.2, 0.25) is 0 Å². The Labute approximate surface area is 210 Å². The average molecular weight is 491 g/mol. The van der Waals surface area contributed by atoms with Gasteiger partial charge in [0.25, 0.3) is 5.56 Å². The third kappa shape index (κ3) is 5.09. The van der Waals surface area contributed by atoms with Crippen molar-refractivity contribution >= 4 is 22.2 Å². The Kier molecular flexibility index (Phi) is 7.11. The zero-order valence-electron chi connectivity index (χ0n) is 20.8. The number of aromatic nitrogens is 5. The highest BCUT2D eigenvalue weighted by Gasteiger charge is 2.30. The van der Waals surface area contributed by atoms with Gasteiger partial charge in [-0.25, -0.2) is 4.68 Å². The van der Waals surface area contributed by atoms with Gasteiger partial charge in [0, 0.05) is 34.4 Å². The summed E-state index contributed by atoms with van der Waals surface area (Å²) < 4.78 is 2.08. The Morgan fingerprint density at radius 2 is 2.03 bits per heavy atom. The minimum atomic E-state index is -0.0238. The van der Waals surface area contributed by atoms with E-state index in [1.165, 1.54) is 23.3 Å². The van der Waals surface area contributed by atoms with Crippen molar-refractivity contribution in [1.29, 1.82) is 0 Å². The second kappa shape index (κ2) is 10.4. The summed E-state index contributed by atoms with van der Waals surface area (Å²) in [4.78, 5) is 20.0. The minimum absolute atomic E-state index is 0.0238. The van der Waals surface area contributed by atoms with Crippen LogP contribution in [0.4, 0.5) is 0 Å². The molecule has 1 unspecified atom stereocenters. The number of nitrogens with zero attached hydrogens (tertiary/aromatic N) is 5. The Morgan fingerprint density at radius 3 is 2.77 bits per heavy atom. The number of tetrazole rings is 1. The molecule has 1 aromatic carbocycles. The predicted octanol–water partition coefficient (Wildman–Crippen LogP) is 5.85. The fourth-order valence-electron chi connectivity index (χ4n) is 5.51. The molecule has 0 amide bonds. The molecular formula is C27H34N6OS. The minimum Gasteiger partial charge on any atom is -0.322 e. The third-order valence-corrected chi connectivity index (χ3v) is 8.05. The van der Waals surface area contributed by atoms with E-state index in [9.17, 15) is 4.79 Å². The molecule has 184 valence electrons. The van der Waals surface area contributed by atoms with Crippen molar-refractivity contribution in [2.24, 2.45) is 0 Å². The molecule has 0 aliphatic heterocycles. The molecule has 1 saturated carbocycles. The number of thiophene rings is 1. The maximum Gasteiger partial charge on any atom is 0.252 e. The molecule has 5 rings (SSSR count). The van der Waals surface area contributed by atoms with Crippen LogP contribution in [0.2, 0.25) is 0 Å². The van der Waals surface area contributed by atoms with Crippen LogP contribution in [0.5, 0.6) is 0 Å². The van der Waals surface area contributed by atoms with E-state index >= 15 is 0 Å². The molecule has 0 saturated heterocycles. The van der Waals surface area contributed by atoms with Gasteiger partial charge in [-0.2, -0.15) is 0 Å². The molecule has 3 heterocycles. The highest BCUT2D eigenvalue weighted by molar-refractivity contribution is 7.09. The number of hydrogen-bond acceptors (Lipinski definition) is 6. The Hall–Kier alpha value is -2.84. The van der Waals surface area contributed by atoms with Crippen molar-refractivity contribution in [1.82, 2.24) is 30.1 Å². The number of benzene rings is 1. The summed E-state index contributed by atoms with van der Waals surface area (Å²) >= 11 is 1.75. The maximum absolute atomic E-state index is 13.2. The number of aryl methyl sites for hydroxylation is 2. The lowest BCUT2D eigenvalue weighted by Gasteiger charge is -2.31. The summed E-state index contributed by atoms with van der Waals surface area (Å²) in [6, 6.07) is 11.0. The smallest absolute Gasteiger partial charge is 0.252 e. The van der Waals surface area contributed by atoms with Gasteiger partial charge < -0.3 is 4.98 Å². The summed E-state index contributed by atoms with van der Waals surface area (Å²) in [5.74, 6) is 0.930. The van der Waals surface area contributed by atoms with Gasteiger partial charge in [0.15, 0.2) is 5.82 Å². The van der Waals surface area contributed by atoms with Crippen LogP contribution in [0.15, 0.2) is 40.5 Å². The van der Waals surface area contributed by atoms with Crippen molar-refractivity contribution < 1.29 is 0 Å². The summed E-state index contributed by atoms with van der Waals surface area (Å²) in [5, 5.41) is 16.3. The van der Waals surface area contributed by atoms with Crippen LogP contribution in [0, 0.1) is 13.8 Å². The molecule has 35 heavy (non-hydrogen) atoms. The van der Waals surface area contributed by atoms with Crippen molar-refractivity contribution in [3.8, 4) is 0 Å². The molecule has 1 fully saturated rings. The monoisotopic (exact) mass is 490 g/mol. The van der Waals surface area contributed by atoms with Crippen molar-refractivity contribution in [3.63, 3.8) is 0 Å². The molecule has 1 aliphatic carbocycles. The van der Waals surface area contributed by atoms with Crippen LogP contribution in [0.3, 0.4) is 0 Å². The molecule has 7 nitrogen and oxygen atoms in total. The lowest BCUT2D eigenvalue weighted by molar-refractivity contribution is 0.154. The molecular weight excluding hydrogens is 456 g/mol. The summed E-state index contributed by atoms with van der Waals surface area (Å²) in [6.07, 6.45) is 6.66. The third-order valence-electron chi connectivity index (χ3n) is 7.19. The number of rotatable bonds is 9. The van der Waals surface area contributed by atoms with E-state index in [4.69, 9.17) is 0 Å². The quantitative estimate of drug-likeness (QED) is 0.318. The van der Waals surface area contributed by atoms with Crippen LogP contribution in [-0.4, -0.2) is 30.1 Å². The first kappa shape index (κ1) is 23.9. The second-order valence-corrected chi connectivity index (χ2v) is 10.9. The first-order valence-electron chi connectivity index (χ1n) is 12.7. The van der Waals surface area contributed by atoms with Crippen LogP contribution >= 0.6 is 11.3 Å². The molecule has 1 aliphatic rings. The number of hydrogen-bond donors (Lipinski definition) is 1. The van der Waals surface area contributed by atoms with Crippen LogP contribution in [0.25, 0.3) is 10.9 Å². The summed E-state index contributed by atoms with van der Waals surface area (Å²) in [6.45, 7) is 7.67. The normalized spacial score (nSPS) is 15.4. The van der Waals surface area contributed by atoms with Gasteiger partial charge in [-0.3, -0.25) is 9.69 Å². The van der Waals surface area contributed by atoms with E-state index in [2.05, 4.69) is 80.5 Å². The lowest BCUT2D eigenvalue weighted by Crippen LogP contribution is -2.33. The molecule has 1 atom stereocenters. The molecule has 0 bridgehead atoms. The highest BCUT2D eigenvalue weighted by atomic mass is 32.1. The second-order valence-electron chi connectivity index (χ2n) is 9.88. The zero-order chi connectivity index (χ0) is 24.4. The SMILES string of the molecule is CCCC(c1nnnn1C1CCCC1)N(Cc1cccs1)Cc1cc2c(C)cc(C)cc2[nH]c1=O. The van der Waals surface area contributed by atoms with Crippen LogP contribution in [-0.2, 0) is 13.1 Å². The standard InChI is InChI=1S/C27H34N6OS/c1-4-8-25(26-29-30-31-33(26)21-9-5-6-10-21)32(17-22-11-7-12-35-22)16-20-15-23-19(3)13-18(2)14-24(23)28-27(20)34/h7,11-15,21,25H,4-6,8-10,16-17H2,1-3H3,(H,28,34). The van der Waals surface area contributed by atoms with Crippen molar-refractivity contribution in [3.05, 3.63) is 73.5 Å². The van der Waals surface area contributed by atoms with E-state index in [0.29, 0.717) is 12.6 Å². The van der Waals surface area contributed by atoms with Gasteiger partial charge >= 0.3 is 0 Å².